The lowest BCUT2D eigenvalue weighted by atomic mass is 9.91. The molecule has 100 valence electrons. The smallest absolute Gasteiger partial charge is 0.184 e. The highest BCUT2D eigenvalue weighted by Gasteiger charge is 2.22. The van der Waals surface area contributed by atoms with Gasteiger partial charge in [-0.1, -0.05) is 44.0 Å². The molecule has 20 heavy (non-hydrogen) atoms. The fourth-order valence-electron chi connectivity index (χ4n) is 1.99. The number of nitriles is 1. The van der Waals surface area contributed by atoms with Crippen molar-refractivity contribution >= 4 is 37.6 Å². The molecule has 0 heterocycles. The topological polar surface area (TPSA) is 40.9 Å². The van der Waals surface area contributed by atoms with Crippen LogP contribution in [0.4, 0.5) is 0 Å². The lowest BCUT2D eigenvalue weighted by molar-refractivity contribution is 0.0978. The maximum absolute atomic E-state index is 12.5. The van der Waals surface area contributed by atoms with Crippen molar-refractivity contribution < 1.29 is 4.79 Å². The number of ketones is 1. The summed E-state index contributed by atoms with van der Waals surface area (Å²) in [5.41, 5.74) is 2.24. The zero-order chi connectivity index (χ0) is 14.7. The number of carbonyl (C=O) groups is 1. The lowest BCUT2D eigenvalue weighted by Gasteiger charge is -2.10. The number of hydrogen-bond acceptors (Lipinski definition) is 2. The van der Waals surface area contributed by atoms with E-state index in [9.17, 15) is 10.1 Å². The van der Waals surface area contributed by atoms with Gasteiger partial charge in [0.15, 0.2) is 5.78 Å². The first-order valence-corrected chi connectivity index (χ1v) is 7.56. The Hall–Kier alpha value is -1.44. The molecule has 0 aromatic heterocycles. The number of nitrogens with zero attached hydrogens (tertiary/aromatic N) is 1. The van der Waals surface area contributed by atoms with Crippen LogP contribution < -0.4 is 0 Å². The number of Topliss-reactive ketones (excluding diaryl/α,β-unsaturated/α-hetero) is 1. The number of rotatable bonds is 3. The summed E-state index contributed by atoms with van der Waals surface area (Å²) in [6.45, 7) is 1.92. The zero-order valence-corrected chi connectivity index (χ0v) is 13.9. The molecule has 2 nitrogen and oxygen atoms in total. The van der Waals surface area contributed by atoms with E-state index in [1.807, 2.05) is 25.1 Å². The zero-order valence-electron chi connectivity index (χ0n) is 10.7. The van der Waals surface area contributed by atoms with Crippen molar-refractivity contribution in [3.8, 4) is 6.07 Å². The van der Waals surface area contributed by atoms with Gasteiger partial charge in [0.2, 0.25) is 0 Å². The van der Waals surface area contributed by atoms with E-state index >= 15 is 0 Å². The van der Waals surface area contributed by atoms with E-state index in [-0.39, 0.29) is 5.78 Å². The fourth-order valence-corrected chi connectivity index (χ4v) is 2.86. The van der Waals surface area contributed by atoms with Crippen LogP contribution in [0.25, 0.3) is 0 Å². The van der Waals surface area contributed by atoms with Crippen LogP contribution in [-0.4, -0.2) is 5.78 Å². The summed E-state index contributed by atoms with van der Waals surface area (Å²) in [6, 6.07) is 14.8. The van der Waals surface area contributed by atoms with E-state index < -0.39 is 5.92 Å². The van der Waals surface area contributed by atoms with Gasteiger partial charge in [-0.25, -0.2) is 0 Å². The van der Waals surface area contributed by atoms with Gasteiger partial charge in [-0.2, -0.15) is 5.26 Å². The first-order chi connectivity index (χ1) is 9.51. The van der Waals surface area contributed by atoms with Gasteiger partial charge in [-0.15, -0.1) is 0 Å². The average molecular weight is 393 g/mol. The predicted molar refractivity (Wildman–Crippen MR) is 85.7 cm³/mol. The lowest BCUT2D eigenvalue weighted by Crippen LogP contribution is -2.11. The van der Waals surface area contributed by atoms with Crippen LogP contribution >= 0.6 is 31.9 Å². The Morgan fingerprint density at radius 3 is 2.30 bits per heavy atom. The minimum atomic E-state index is -0.781. The molecule has 0 saturated carbocycles. The standard InChI is InChI=1S/C16H11Br2NO/c1-10-6-12(8-14(18)7-10)16(20)15(9-19)11-2-4-13(17)5-3-11/h2-8,15H,1H3. The van der Waals surface area contributed by atoms with Crippen LogP contribution in [0, 0.1) is 18.3 Å². The van der Waals surface area contributed by atoms with Crippen molar-refractivity contribution in [2.75, 3.05) is 0 Å². The van der Waals surface area contributed by atoms with E-state index in [1.165, 1.54) is 0 Å². The Kier molecular flexibility index (Phi) is 4.74. The highest BCUT2D eigenvalue weighted by molar-refractivity contribution is 9.10. The predicted octanol–water partition coefficient (Wildman–Crippen LogP) is 5.01. The van der Waals surface area contributed by atoms with E-state index in [2.05, 4.69) is 37.9 Å². The molecule has 0 fully saturated rings. The van der Waals surface area contributed by atoms with Gasteiger partial charge in [0.25, 0.3) is 0 Å². The maximum Gasteiger partial charge on any atom is 0.184 e. The Morgan fingerprint density at radius 1 is 1.10 bits per heavy atom. The molecule has 2 aromatic rings. The van der Waals surface area contributed by atoms with E-state index in [0.717, 1.165) is 14.5 Å². The third kappa shape index (κ3) is 3.36. The van der Waals surface area contributed by atoms with Gasteiger partial charge in [-0.3, -0.25) is 4.79 Å². The molecule has 0 N–H and O–H groups in total. The second-order valence-electron chi connectivity index (χ2n) is 4.50. The molecule has 0 amide bonds. The summed E-state index contributed by atoms with van der Waals surface area (Å²) < 4.78 is 1.76. The first kappa shape index (κ1) is 15.0. The van der Waals surface area contributed by atoms with E-state index in [1.54, 1.807) is 24.3 Å². The second kappa shape index (κ2) is 6.34. The van der Waals surface area contributed by atoms with Gasteiger partial charge in [0, 0.05) is 14.5 Å². The fraction of sp³-hybridized carbons (Fsp3) is 0.125. The summed E-state index contributed by atoms with van der Waals surface area (Å²) in [7, 11) is 0. The molecule has 0 bridgehead atoms. The normalized spacial score (nSPS) is 11.7. The summed E-state index contributed by atoms with van der Waals surface area (Å²) in [4.78, 5) is 12.5. The highest BCUT2D eigenvalue weighted by Crippen LogP contribution is 2.24. The van der Waals surface area contributed by atoms with Crippen molar-refractivity contribution in [3.05, 3.63) is 68.1 Å². The number of hydrogen-bond donors (Lipinski definition) is 0. The Morgan fingerprint density at radius 2 is 1.75 bits per heavy atom. The van der Waals surface area contributed by atoms with Crippen LogP contribution in [0.15, 0.2) is 51.4 Å². The van der Waals surface area contributed by atoms with Crippen molar-refractivity contribution in [2.24, 2.45) is 0 Å². The van der Waals surface area contributed by atoms with Crippen LogP contribution in [0.3, 0.4) is 0 Å². The minimum Gasteiger partial charge on any atom is -0.292 e. The number of halogens is 2. The minimum absolute atomic E-state index is 0.181. The van der Waals surface area contributed by atoms with Crippen LogP contribution in [0.5, 0.6) is 0 Å². The van der Waals surface area contributed by atoms with Crippen molar-refractivity contribution in [3.63, 3.8) is 0 Å². The summed E-state index contributed by atoms with van der Waals surface area (Å²) in [5, 5.41) is 9.32. The third-order valence-electron chi connectivity index (χ3n) is 2.92. The summed E-state index contributed by atoms with van der Waals surface area (Å²) in [5.74, 6) is -0.962. The molecule has 0 spiro atoms. The Labute approximate surface area is 134 Å². The van der Waals surface area contributed by atoms with Gasteiger partial charge >= 0.3 is 0 Å². The molecule has 4 heteroatoms. The number of carbonyl (C=O) groups excluding carboxylic acids is 1. The maximum atomic E-state index is 12.5. The van der Waals surface area contributed by atoms with Gasteiger partial charge in [0.1, 0.15) is 5.92 Å². The van der Waals surface area contributed by atoms with Gasteiger partial charge < -0.3 is 0 Å². The van der Waals surface area contributed by atoms with Crippen LogP contribution in [0.1, 0.15) is 27.4 Å². The quantitative estimate of drug-likeness (QED) is 0.688. The summed E-state index contributed by atoms with van der Waals surface area (Å²) in [6.07, 6.45) is 0. The number of benzene rings is 2. The van der Waals surface area contributed by atoms with E-state index in [4.69, 9.17) is 0 Å². The summed E-state index contributed by atoms with van der Waals surface area (Å²) >= 11 is 6.72. The third-order valence-corrected chi connectivity index (χ3v) is 3.91. The van der Waals surface area contributed by atoms with E-state index in [0.29, 0.717) is 11.1 Å². The van der Waals surface area contributed by atoms with Crippen LogP contribution in [0.2, 0.25) is 0 Å². The Bertz CT molecular complexity index is 666. The number of aryl methyl sites for hydroxylation is 1. The molecule has 2 aromatic carbocycles. The largest absolute Gasteiger partial charge is 0.292 e. The molecule has 0 aliphatic heterocycles. The average Bonchev–Trinajstić information content (AvgIpc) is 2.40. The van der Waals surface area contributed by atoms with Crippen LogP contribution in [-0.2, 0) is 0 Å². The highest BCUT2D eigenvalue weighted by atomic mass is 79.9. The van der Waals surface area contributed by atoms with Gasteiger partial charge in [0.05, 0.1) is 6.07 Å². The first-order valence-electron chi connectivity index (χ1n) is 5.98. The molecular weight excluding hydrogens is 382 g/mol. The molecule has 1 unspecified atom stereocenters. The molecule has 0 saturated heterocycles. The Balaban J connectivity index is 2.39. The van der Waals surface area contributed by atoms with Gasteiger partial charge in [-0.05, 0) is 48.4 Å². The molecule has 0 aliphatic rings. The molecule has 2 rings (SSSR count). The molecule has 0 aliphatic carbocycles. The van der Waals surface area contributed by atoms with Crippen molar-refractivity contribution in [1.82, 2.24) is 0 Å². The van der Waals surface area contributed by atoms with Crippen molar-refractivity contribution in [1.29, 1.82) is 5.26 Å². The second-order valence-corrected chi connectivity index (χ2v) is 6.33. The van der Waals surface area contributed by atoms with Crippen molar-refractivity contribution in [2.45, 2.75) is 12.8 Å². The SMILES string of the molecule is Cc1cc(Br)cc(C(=O)C(C#N)c2ccc(Br)cc2)c1. The monoisotopic (exact) mass is 391 g/mol. The molecular formula is C16H11Br2NO. The molecule has 0 radical (unpaired) electrons. The molecule has 1 atom stereocenters.